The van der Waals surface area contributed by atoms with Crippen LogP contribution in [-0.4, -0.2) is 58.0 Å². The predicted molar refractivity (Wildman–Crippen MR) is 96.1 cm³/mol. The Balaban J connectivity index is 1.59. The minimum atomic E-state index is 0.324. The van der Waals surface area contributed by atoms with Crippen molar-refractivity contribution in [2.24, 2.45) is 0 Å². The summed E-state index contributed by atoms with van der Waals surface area (Å²) in [6.45, 7) is 8.89. The fraction of sp³-hybridized carbons (Fsp3) is 0.789. The molecule has 0 saturated carbocycles. The van der Waals surface area contributed by atoms with Crippen molar-refractivity contribution in [2.45, 2.75) is 64.3 Å². The number of hydrogen-bond acceptors (Lipinski definition) is 3. The summed E-state index contributed by atoms with van der Waals surface area (Å²) in [5.41, 5.74) is 0. The molecule has 1 aromatic rings. The molecular weight excluding hydrogens is 300 g/mol. The number of aromatic nitrogens is 2. The van der Waals surface area contributed by atoms with Crippen LogP contribution < -0.4 is 0 Å². The molecule has 1 aromatic heterocycles. The molecule has 3 rings (SSSR count). The van der Waals surface area contributed by atoms with Crippen molar-refractivity contribution >= 4 is 5.91 Å². The zero-order valence-corrected chi connectivity index (χ0v) is 15.3. The van der Waals surface area contributed by atoms with E-state index in [2.05, 4.69) is 39.4 Å². The molecule has 134 valence electrons. The molecule has 1 atom stereocenters. The van der Waals surface area contributed by atoms with Gasteiger partial charge in [-0.1, -0.05) is 12.8 Å². The molecular formula is C19H32N4O. The predicted octanol–water partition coefficient (Wildman–Crippen LogP) is 3.05. The molecule has 0 aromatic carbocycles. The minimum absolute atomic E-state index is 0.324. The number of carbonyl (C=O) groups is 1. The van der Waals surface area contributed by atoms with E-state index in [0.717, 1.165) is 32.6 Å². The highest BCUT2D eigenvalue weighted by Crippen LogP contribution is 2.27. The topological polar surface area (TPSA) is 41.4 Å². The standard InChI is InChI=1S/C19H32N4O/c1-16(2)23-13-9-20-19(23)17-8-7-10-21(14-17)15-18(24)22-11-5-3-4-6-12-22/h9,13,16-17H,3-8,10-12,14-15H2,1-2H3. The van der Waals surface area contributed by atoms with Gasteiger partial charge in [-0.3, -0.25) is 9.69 Å². The molecule has 3 heterocycles. The Morgan fingerprint density at radius 2 is 1.92 bits per heavy atom. The lowest BCUT2D eigenvalue weighted by Gasteiger charge is -2.34. The highest BCUT2D eigenvalue weighted by Gasteiger charge is 2.27. The molecule has 5 heteroatoms. The molecule has 2 fully saturated rings. The van der Waals surface area contributed by atoms with Crippen LogP contribution in [0.5, 0.6) is 0 Å². The summed E-state index contributed by atoms with van der Waals surface area (Å²) >= 11 is 0. The number of rotatable bonds is 4. The van der Waals surface area contributed by atoms with Crippen LogP contribution in [0, 0.1) is 0 Å². The lowest BCUT2D eigenvalue weighted by atomic mass is 9.97. The normalized spacial score (nSPS) is 23.5. The lowest BCUT2D eigenvalue weighted by Crippen LogP contribution is -2.44. The van der Waals surface area contributed by atoms with E-state index in [9.17, 15) is 4.79 Å². The molecule has 2 saturated heterocycles. The summed E-state index contributed by atoms with van der Waals surface area (Å²) in [5.74, 6) is 1.97. The maximum atomic E-state index is 12.7. The van der Waals surface area contributed by atoms with Crippen LogP contribution in [0.15, 0.2) is 12.4 Å². The van der Waals surface area contributed by atoms with Crippen molar-refractivity contribution in [3.05, 3.63) is 18.2 Å². The Morgan fingerprint density at radius 3 is 2.62 bits per heavy atom. The summed E-state index contributed by atoms with van der Waals surface area (Å²) in [5, 5.41) is 0. The largest absolute Gasteiger partial charge is 0.342 e. The molecule has 24 heavy (non-hydrogen) atoms. The van der Waals surface area contributed by atoms with Crippen molar-refractivity contribution in [3.63, 3.8) is 0 Å². The SMILES string of the molecule is CC(C)n1ccnc1C1CCCN(CC(=O)N2CCCCCC2)C1. The lowest BCUT2D eigenvalue weighted by molar-refractivity contribution is -0.132. The van der Waals surface area contributed by atoms with E-state index in [1.165, 1.54) is 37.9 Å². The molecule has 0 radical (unpaired) electrons. The fourth-order valence-corrected chi connectivity index (χ4v) is 4.10. The maximum Gasteiger partial charge on any atom is 0.236 e. The average molecular weight is 332 g/mol. The monoisotopic (exact) mass is 332 g/mol. The zero-order chi connectivity index (χ0) is 16.9. The van der Waals surface area contributed by atoms with Gasteiger partial charge in [-0.05, 0) is 46.1 Å². The van der Waals surface area contributed by atoms with Gasteiger partial charge in [0.25, 0.3) is 0 Å². The smallest absolute Gasteiger partial charge is 0.236 e. The molecule has 0 aliphatic carbocycles. The third-order valence-electron chi connectivity index (χ3n) is 5.44. The molecule has 0 spiro atoms. The summed E-state index contributed by atoms with van der Waals surface area (Å²) < 4.78 is 2.28. The summed E-state index contributed by atoms with van der Waals surface area (Å²) in [6.07, 6.45) is 11.2. The molecule has 0 bridgehead atoms. The maximum absolute atomic E-state index is 12.7. The number of piperidine rings is 1. The highest BCUT2D eigenvalue weighted by molar-refractivity contribution is 5.78. The van der Waals surface area contributed by atoms with Crippen LogP contribution in [0.3, 0.4) is 0 Å². The van der Waals surface area contributed by atoms with Gasteiger partial charge >= 0.3 is 0 Å². The molecule has 2 aliphatic rings. The van der Waals surface area contributed by atoms with E-state index in [0.29, 0.717) is 24.4 Å². The fourth-order valence-electron chi connectivity index (χ4n) is 4.10. The second-order valence-corrected chi connectivity index (χ2v) is 7.66. The number of amides is 1. The van der Waals surface area contributed by atoms with E-state index >= 15 is 0 Å². The second kappa shape index (κ2) is 8.15. The van der Waals surface area contributed by atoms with E-state index in [-0.39, 0.29) is 0 Å². The van der Waals surface area contributed by atoms with Gasteiger partial charge in [0.05, 0.1) is 6.54 Å². The highest BCUT2D eigenvalue weighted by atomic mass is 16.2. The third kappa shape index (κ3) is 4.18. The number of likely N-dealkylation sites (tertiary alicyclic amines) is 2. The molecule has 2 aliphatic heterocycles. The molecule has 1 amide bonds. The number of hydrogen-bond donors (Lipinski definition) is 0. The van der Waals surface area contributed by atoms with Crippen molar-refractivity contribution in [1.29, 1.82) is 0 Å². The van der Waals surface area contributed by atoms with Crippen LogP contribution in [-0.2, 0) is 4.79 Å². The van der Waals surface area contributed by atoms with Gasteiger partial charge in [-0.25, -0.2) is 4.98 Å². The van der Waals surface area contributed by atoms with Crippen molar-refractivity contribution < 1.29 is 4.79 Å². The first-order valence-corrected chi connectivity index (χ1v) is 9.68. The average Bonchev–Trinajstić information content (AvgIpc) is 2.91. The number of imidazole rings is 1. The van der Waals surface area contributed by atoms with Crippen molar-refractivity contribution in [2.75, 3.05) is 32.7 Å². The Bertz CT molecular complexity index is 531. The van der Waals surface area contributed by atoms with Gasteiger partial charge in [0.15, 0.2) is 0 Å². The first kappa shape index (κ1) is 17.5. The minimum Gasteiger partial charge on any atom is -0.342 e. The van der Waals surface area contributed by atoms with Crippen LogP contribution in [0.25, 0.3) is 0 Å². The van der Waals surface area contributed by atoms with Gasteiger partial charge in [0.2, 0.25) is 5.91 Å². The van der Waals surface area contributed by atoms with E-state index in [1.54, 1.807) is 0 Å². The van der Waals surface area contributed by atoms with Crippen LogP contribution in [0.1, 0.15) is 70.2 Å². The summed E-state index contributed by atoms with van der Waals surface area (Å²) in [4.78, 5) is 21.7. The van der Waals surface area contributed by atoms with Crippen LogP contribution >= 0.6 is 0 Å². The van der Waals surface area contributed by atoms with E-state index in [4.69, 9.17) is 0 Å². The van der Waals surface area contributed by atoms with Crippen molar-refractivity contribution in [1.82, 2.24) is 19.4 Å². The second-order valence-electron chi connectivity index (χ2n) is 7.66. The quantitative estimate of drug-likeness (QED) is 0.851. The van der Waals surface area contributed by atoms with Gasteiger partial charge in [-0.15, -0.1) is 0 Å². The van der Waals surface area contributed by atoms with Gasteiger partial charge < -0.3 is 9.47 Å². The van der Waals surface area contributed by atoms with Crippen molar-refractivity contribution in [3.8, 4) is 0 Å². The molecule has 5 nitrogen and oxygen atoms in total. The van der Waals surface area contributed by atoms with Gasteiger partial charge in [-0.2, -0.15) is 0 Å². The Kier molecular flexibility index (Phi) is 5.93. The van der Waals surface area contributed by atoms with Crippen LogP contribution in [0.2, 0.25) is 0 Å². The Hall–Kier alpha value is -1.36. The summed E-state index contributed by atoms with van der Waals surface area (Å²) in [7, 11) is 0. The van der Waals surface area contributed by atoms with Gasteiger partial charge in [0.1, 0.15) is 5.82 Å². The van der Waals surface area contributed by atoms with E-state index < -0.39 is 0 Å². The van der Waals surface area contributed by atoms with Gasteiger partial charge in [0, 0.05) is 44.0 Å². The first-order chi connectivity index (χ1) is 11.6. The number of nitrogens with zero attached hydrogens (tertiary/aromatic N) is 4. The van der Waals surface area contributed by atoms with E-state index in [1.807, 2.05) is 6.20 Å². The van der Waals surface area contributed by atoms with Crippen LogP contribution in [0.4, 0.5) is 0 Å². The molecule has 0 N–H and O–H groups in total. The number of carbonyl (C=O) groups excluding carboxylic acids is 1. The first-order valence-electron chi connectivity index (χ1n) is 9.68. The Morgan fingerprint density at radius 1 is 1.17 bits per heavy atom. The third-order valence-corrected chi connectivity index (χ3v) is 5.44. The Labute approximate surface area is 146 Å². The summed E-state index contributed by atoms with van der Waals surface area (Å²) in [6, 6.07) is 0.441. The zero-order valence-electron chi connectivity index (χ0n) is 15.3. The molecule has 1 unspecified atom stereocenters.